The van der Waals surface area contributed by atoms with Crippen molar-refractivity contribution in [2.24, 2.45) is 0 Å². The first-order valence-corrected chi connectivity index (χ1v) is 7.06. The van der Waals surface area contributed by atoms with Gasteiger partial charge in [0.05, 0.1) is 0 Å². The van der Waals surface area contributed by atoms with E-state index < -0.39 is 17.2 Å². The number of halogens is 1. The molecule has 0 heterocycles. The number of hydrogen-bond donors (Lipinski definition) is 2. The number of carbonyl (C=O) groups is 1. The van der Waals surface area contributed by atoms with Crippen LogP contribution in [0.5, 0.6) is 0 Å². The molecule has 110 valence electrons. The molecule has 2 N–H and O–H groups in total. The summed E-state index contributed by atoms with van der Waals surface area (Å²) in [5, 5.41) is 2.62. The summed E-state index contributed by atoms with van der Waals surface area (Å²) in [6.07, 6.45) is 0. The van der Waals surface area contributed by atoms with E-state index in [9.17, 15) is 17.9 Å². The van der Waals surface area contributed by atoms with Crippen LogP contribution in [0, 0.1) is 12.7 Å². The van der Waals surface area contributed by atoms with Crippen molar-refractivity contribution < 1.29 is 17.9 Å². The highest BCUT2D eigenvalue weighted by Gasteiger charge is 2.08. The van der Waals surface area contributed by atoms with Gasteiger partial charge in [-0.2, -0.15) is 0 Å². The summed E-state index contributed by atoms with van der Waals surface area (Å²) in [5.74, 6) is -0.765. The molecule has 0 aromatic heterocycles. The first kappa shape index (κ1) is 15.1. The van der Waals surface area contributed by atoms with Crippen LogP contribution in [0.1, 0.15) is 15.9 Å². The fraction of sp³-hybridized carbons (Fsp3) is 0.0714. The summed E-state index contributed by atoms with van der Waals surface area (Å²) < 4.78 is 36.4. The zero-order valence-electron chi connectivity index (χ0n) is 11.1. The normalized spacial score (nSPS) is 11.8. The van der Waals surface area contributed by atoms with Gasteiger partial charge in [0.25, 0.3) is 5.91 Å². The van der Waals surface area contributed by atoms with Gasteiger partial charge in [-0.05, 0) is 48.9 Å². The van der Waals surface area contributed by atoms with Gasteiger partial charge in [0, 0.05) is 28.2 Å². The maximum absolute atomic E-state index is 13.2. The Morgan fingerprint density at radius 1 is 1.19 bits per heavy atom. The molecule has 7 heteroatoms. The van der Waals surface area contributed by atoms with Crippen molar-refractivity contribution in [3.05, 3.63) is 59.4 Å². The molecule has 0 radical (unpaired) electrons. The smallest absolute Gasteiger partial charge is 0.255 e. The van der Waals surface area contributed by atoms with Crippen molar-refractivity contribution >= 4 is 28.5 Å². The highest BCUT2D eigenvalue weighted by atomic mass is 32.2. The molecular formula is C14H12FN2O3S-. The van der Waals surface area contributed by atoms with Crippen LogP contribution in [0.25, 0.3) is 0 Å². The van der Waals surface area contributed by atoms with E-state index in [1.807, 2.05) is 0 Å². The summed E-state index contributed by atoms with van der Waals surface area (Å²) in [6.45, 7) is 1.60. The highest BCUT2D eigenvalue weighted by molar-refractivity contribution is 7.80. The van der Waals surface area contributed by atoms with Crippen LogP contribution in [0.15, 0.2) is 42.5 Å². The molecule has 0 aliphatic rings. The van der Waals surface area contributed by atoms with Gasteiger partial charge >= 0.3 is 0 Å². The van der Waals surface area contributed by atoms with Gasteiger partial charge in [-0.3, -0.25) is 9.00 Å². The summed E-state index contributed by atoms with van der Waals surface area (Å²) >= 11 is -2.46. The zero-order valence-corrected chi connectivity index (χ0v) is 11.9. The van der Waals surface area contributed by atoms with E-state index in [2.05, 4.69) is 10.0 Å². The minimum atomic E-state index is -2.46. The summed E-state index contributed by atoms with van der Waals surface area (Å²) in [5.41, 5.74) is 1.45. The second-order valence-corrected chi connectivity index (χ2v) is 5.01. The van der Waals surface area contributed by atoms with Crippen LogP contribution in [0.4, 0.5) is 15.8 Å². The molecule has 0 saturated carbocycles. The molecule has 2 rings (SSSR count). The quantitative estimate of drug-likeness (QED) is 0.852. The average Bonchev–Trinajstić information content (AvgIpc) is 2.42. The maximum atomic E-state index is 13.2. The molecular weight excluding hydrogens is 295 g/mol. The Morgan fingerprint density at radius 3 is 2.62 bits per heavy atom. The van der Waals surface area contributed by atoms with Crippen molar-refractivity contribution in [3.63, 3.8) is 0 Å². The van der Waals surface area contributed by atoms with E-state index in [1.54, 1.807) is 19.1 Å². The number of rotatable bonds is 4. The topological polar surface area (TPSA) is 81.3 Å². The minimum absolute atomic E-state index is 0.284. The lowest BCUT2D eigenvalue weighted by Crippen LogP contribution is -2.12. The minimum Gasteiger partial charge on any atom is -0.755 e. The molecule has 0 aliphatic carbocycles. The van der Waals surface area contributed by atoms with E-state index in [0.29, 0.717) is 11.3 Å². The molecule has 0 fully saturated rings. The van der Waals surface area contributed by atoms with Gasteiger partial charge in [-0.25, -0.2) is 4.39 Å². The second kappa shape index (κ2) is 6.47. The fourth-order valence-corrected chi connectivity index (χ4v) is 2.07. The van der Waals surface area contributed by atoms with Crippen molar-refractivity contribution in [3.8, 4) is 0 Å². The van der Waals surface area contributed by atoms with Gasteiger partial charge < -0.3 is 14.6 Å². The van der Waals surface area contributed by atoms with E-state index in [0.717, 1.165) is 0 Å². The molecule has 1 unspecified atom stereocenters. The lowest BCUT2D eigenvalue weighted by molar-refractivity contribution is 0.102. The van der Waals surface area contributed by atoms with Gasteiger partial charge in [0.1, 0.15) is 5.82 Å². The fourth-order valence-electron chi connectivity index (χ4n) is 1.75. The van der Waals surface area contributed by atoms with Gasteiger partial charge in [0.2, 0.25) is 0 Å². The predicted molar refractivity (Wildman–Crippen MR) is 78.1 cm³/mol. The molecule has 2 aromatic rings. The molecule has 2 aromatic carbocycles. The number of benzene rings is 2. The SMILES string of the molecule is Cc1cc(NC(=O)c2cccc(NS(=O)[O-])c2)ccc1F. The number of amides is 1. The third-order valence-corrected chi connectivity index (χ3v) is 3.14. The van der Waals surface area contributed by atoms with Gasteiger partial charge in [-0.15, -0.1) is 0 Å². The van der Waals surface area contributed by atoms with Gasteiger partial charge in [0.15, 0.2) is 0 Å². The lowest BCUT2D eigenvalue weighted by Gasteiger charge is -2.10. The first-order chi connectivity index (χ1) is 9.95. The van der Waals surface area contributed by atoms with E-state index in [4.69, 9.17) is 0 Å². The summed E-state index contributed by atoms with van der Waals surface area (Å²) in [4.78, 5) is 12.1. The van der Waals surface area contributed by atoms with Crippen molar-refractivity contribution in [1.29, 1.82) is 0 Å². The number of carbonyl (C=O) groups excluding carboxylic acids is 1. The molecule has 0 bridgehead atoms. The molecule has 0 aliphatic heterocycles. The molecule has 1 amide bonds. The Kier molecular flexibility index (Phi) is 4.66. The lowest BCUT2D eigenvalue weighted by atomic mass is 10.1. The number of nitrogens with one attached hydrogen (secondary N) is 2. The molecule has 0 spiro atoms. The maximum Gasteiger partial charge on any atom is 0.255 e. The van der Waals surface area contributed by atoms with Crippen LogP contribution in [0.3, 0.4) is 0 Å². The summed E-state index contributed by atoms with van der Waals surface area (Å²) in [7, 11) is 0. The van der Waals surface area contributed by atoms with Crippen LogP contribution < -0.4 is 10.0 Å². The van der Waals surface area contributed by atoms with E-state index in [1.165, 1.54) is 30.3 Å². The second-order valence-electron chi connectivity index (χ2n) is 4.34. The predicted octanol–water partition coefficient (Wildman–Crippen LogP) is 2.59. The Bertz CT molecular complexity index is 706. The van der Waals surface area contributed by atoms with Crippen molar-refractivity contribution in [1.82, 2.24) is 0 Å². The van der Waals surface area contributed by atoms with Crippen LogP contribution in [0.2, 0.25) is 0 Å². The Hall–Kier alpha value is -2.25. The van der Waals surface area contributed by atoms with Crippen molar-refractivity contribution in [2.45, 2.75) is 6.92 Å². The van der Waals surface area contributed by atoms with Gasteiger partial charge in [-0.1, -0.05) is 6.07 Å². The third-order valence-electron chi connectivity index (χ3n) is 2.74. The zero-order chi connectivity index (χ0) is 15.4. The number of anilines is 2. The largest absolute Gasteiger partial charge is 0.755 e. The van der Waals surface area contributed by atoms with E-state index in [-0.39, 0.29) is 17.1 Å². The standard InChI is InChI=1S/C14H13FN2O3S/c1-9-7-11(5-6-13(9)15)16-14(18)10-3-2-4-12(8-10)17-21(19)20/h2-8,17H,1H3,(H,16,18)(H,19,20)/p-1. The Balaban J connectivity index is 2.16. The third kappa shape index (κ3) is 4.11. The molecule has 0 saturated heterocycles. The highest BCUT2D eigenvalue weighted by Crippen LogP contribution is 2.16. The Morgan fingerprint density at radius 2 is 1.95 bits per heavy atom. The van der Waals surface area contributed by atoms with Crippen LogP contribution in [-0.4, -0.2) is 14.7 Å². The average molecular weight is 307 g/mol. The molecule has 1 atom stereocenters. The monoisotopic (exact) mass is 307 g/mol. The first-order valence-electron chi connectivity index (χ1n) is 5.99. The van der Waals surface area contributed by atoms with Crippen LogP contribution >= 0.6 is 0 Å². The van der Waals surface area contributed by atoms with E-state index >= 15 is 0 Å². The number of aryl methyl sites for hydroxylation is 1. The Labute approximate surface area is 123 Å². The summed E-state index contributed by atoms with van der Waals surface area (Å²) in [6, 6.07) is 10.3. The molecule has 21 heavy (non-hydrogen) atoms. The van der Waals surface area contributed by atoms with Crippen molar-refractivity contribution in [2.75, 3.05) is 10.0 Å². The molecule has 5 nitrogen and oxygen atoms in total. The number of hydrogen-bond acceptors (Lipinski definition) is 3. The van der Waals surface area contributed by atoms with Crippen LogP contribution in [-0.2, 0) is 11.3 Å².